The van der Waals surface area contributed by atoms with Gasteiger partial charge in [0.05, 0.1) is 12.2 Å². The molecule has 4 nitrogen and oxygen atoms in total. The lowest BCUT2D eigenvalue weighted by molar-refractivity contribution is -0.137. The van der Waals surface area contributed by atoms with Crippen LogP contribution in [0.4, 0.5) is 5.69 Å². The Morgan fingerprint density at radius 1 is 1.53 bits per heavy atom. The fourth-order valence-electron chi connectivity index (χ4n) is 2.00. The topological polar surface area (TPSA) is 49.8 Å². The van der Waals surface area contributed by atoms with Crippen LogP contribution in [-0.4, -0.2) is 31.3 Å². The minimum atomic E-state index is -0.737. The van der Waals surface area contributed by atoms with Crippen LogP contribution in [0.5, 0.6) is 5.75 Å². The smallest absolute Gasteiger partial charge is 0.303 e. The zero-order chi connectivity index (χ0) is 12.3. The van der Waals surface area contributed by atoms with Crippen LogP contribution >= 0.6 is 0 Å². The highest BCUT2D eigenvalue weighted by atomic mass is 16.5. The Morgan fingerprint density at radius 3 is 3.12 bits per heavy atom. The SMILES string of the molecule is CN1CCOc2cc(CCCC(=O)O)ccc21. The Labute approximate surface area is 101 Å². The molecule has 1 heterocycles. The predicted octanol–water partition coefficient (Wildman–Crippen LogP) is 1.92. The second-order valence-corrected chi connectivity index (χ2v) is 4.32. The summed E-state index contributed by atoms with van der Waals surface area (Å²) >= 11 is 0. The first-order valence-corrected chi connectivity index (χ1v) is 5.85. The van der Waals surface area contributed by atoms with E-state index in [9.17, 15) is 4.79 Å². The number of nitrogens with zero attached hydrogens (tertiary/aromatic N) is 1. The summed E-state index contributed by atoms with van der Waals surface area (Å²) in [5.74, 6) is 0.172. The number of hydrogen-bond donors (Lipinski definition) is 1. The highest BCUT2D eigenvalue weighted by Crippen LogP contribution is 2.31. The number of likely N-dealkylation sites (N-methyl/N-ethyl adjacent to an activating group) is 1. The largest absolute Gasteiger partial charge is 0.490 e. The summed E-state index contributed by atoms with van der Waals surface area (Å²) in [4.78, 5) is 12.6. The number of benzene rings is 1. The van der Waals surface area contributed by atoms with E-state index in [-0.39, 0.29) is 6.42 Å². The summed E-state index contributed by atoms with van der Waals surface area (Å²) in [6.07, 6.45) is 1.68. The molecular weight excluding hydrogens is 218 g/mol. The molecule has 0 radical (unpaired) electrons. The molecule has 1 N–H and O–H groups in total. The van der Waals surface area contributed by atoms with E-state index < -0.39 is 5.97 Å². The van der Waals surface area contributed by atoms with Crippen molar-refractivity contribution in [3.63, 3.8) is 0 Å². The first kappa shape index (κ1) is 11.8. The molecule has 4 heteroatoms. The molecule has 17 heavy (non-hydrogen) atoms. The number of rotatable bonds is 4. The highest BCUT2D eigenvalue weighted by Gasteiger charge is 2.14. The van der Waals surface area contributed by atoms with Gasteiger partial charge < -0.3 is 14.7 Å². The van der Waals surface area contributed by atoms with Gasteiger partial charge in [-0.3, -0.25) is 4.79 Å². The molecule has 0 aromatic heterocycles. The summed E-state index contributed by atoms with van der Waals surface area (Å²) < 4.78 is 5.60. The Morgan fingerprint density at radius 2 is 2.35 bits per heavy atom. The number of aryl methyl sites for hydroxylation is 1. The molecule has 0 fully saturated rings. The van der Waals surface area contributed by atoms with Crippen LogP contribution in [0, 0.1) is 0 Å². The summed E-state index contributed by atoms with van der Waals surface area (Å²) in [5, 5.41) is 8.59. The third kappa shape index (κ3) is 2.90. The second-order valence-electron chi connectivity index (χ2n) is 4.32. The van der Waals surface area contributed by atoms with E-state index in [0.29, 0.717) is 13.0 Å². The van der Waals surface area contributed by atoms with E-state index in [1.807, 2.05) is 25.2 Å². The van der Waals surface area contributed by atoms with E-state index in [1.54, 1.807) is 0 Å². The van der Waals surface area contributed by atoms with Crippen LogP contribution in [0.15, 0.2) is 18.2 Å². The second kappa shape index (κ2) is 5.08. The molecule has 2 rings (SSSR count). The van der Waals surface area contributed by atoms with Gasteiger partial charge in [0.25, 0.3) is 0 Å². The lowest BCUT2D eigenvalue weighted by Gasteiger charge is -2.28. The summed E-state index contributed by atoms with van der Waals surface area (Å²) in [6.45, 7) is 1.62. The number of fused-ring (bicyclic) bond motifs is 1. The Bertz CT molecular complexity index is 417. The zero-order valence-corrected chi connectivity index (χ0v) is 9.98. The number of carboxylic acid groups (broad SMARTS) is 1. The van der Waals surface area contributed by atoms with Crippen molar-refractivity contribution in [2.45, 2.75) is 19.3 Å². The zero-order valence-electron chi connectivity index (χ0n) is 9.98. The van der Waals surface area contributed by atoms with Crippen molar-refractivity contribution in [2.24, 2.45) is 0 Å². The van der Waals surface area contributed by atoms with Crippen LogP contribution < -0.4 is 9.64 Å². The Kier molecular flexibility index (Phi) is 3.52. The molecule has 0 bridgehead atoms. The Balaban J connectivity index is 2.03. The molecule has 0 spiro atoms. The van der Waals surface area contributed by atoms with Crippen molar-refractivity contribution in [3.8, 4) is 5.75 Å². The van der Waals surface area contributed by atoms with Crippen LogP contribution in [0.2, 0.25) is 0 Å². The van der Waals surface area contributed by atoms with Gasteiger partial charge in [0, 0.05) is 13.5 Å². The van der Waals surface area contributed by atoms with Crippen LogP contribution in [0.25, 0.3) is 0 Å². The first-order valence-electron chi connectivity index (χ1n) is 5.85. The van der Waals surface area contributed by atoms with Gasteiger partial charge in [0.1, 0.15) is 12.4 Å². The number of carboxylic acids is 1. The van der Waals surface area contributed by atoms with Gasteiger partial charge >= 0.3 is 5.97 Å². The van der Waals surface area contributed by atoms with E-state index in [1.165, 1.54) is 0 Å². The third-order valence-corrected chi connectivity index (χ3v) is 2.98. The van der Waals surface area contributed by atoms with Gasteiger partial charge in [-0.25, -0.2) is 0 Å². The third-order valence-electron chi connectivity index (χ3n) is 2.98. The Hall–Kier alpha value is -1.71. The molecule has 0 aliphatic carbocycles. The average Bonchev–Trinajstić information content (AvgIpc) is 2.29. The van der Waals surface area contributed by atoms with Crippen molar-refractivity contribution in [2.75, 3.05) is 25.1 Å². The predicted molar refractivity (Wildman–Crippen MR) is 65.8 cm³/mol. The van der Waals surface area contributed by atoms with Gasteiger partial charge in [-0.1, -0.05) is 6.07 Å². The first-order chi connectivity index (χ1) is 8.16. The van der Waals surface area contributed by atoms with Crippen molar-refractivity contribution in [3.05, 3.63) is 23.8 Å². The van der Waals surface area contributed by atoms with Gasteiger partial charge in [0.15, 0.2) is 0 Å². The van der Waals surface area contributed by atoms with E-state index >= 15 is 0 Å². The lowest BCUT2D eigenvalue weighted by Crippen LogP contribution is -2.28. The lowest BCUT2D eigenvalue weighted by atomic mass is 10.1. The monoisotopic (exact) mass is 235 g/mol. The summed E-state index contributed by atoms with van der Waals surface area (Å²) in [6, 6.07) is 6.11. The minimum absolute atomic E-state index is 0.220. The number of carbonyl (C=O) groups is 1. The quantitative estimate of drug-likeness (QED) is 0.866. The number of hydrogen-bond acceptors (Lipinski definition) is 3. The highest BCUT2D eigenvalue weighted by molar-refractivity contribution is 5.66. The minimum Gasteiger partial charge on any atom is -0.490 e. The van der Waals surface area contributed by atoms with Gasteiger partial charge in [-0.2, -0.15) is 0 Å². The molecule has 92 valence electrons. The molecular formula is C13H17NO3. The fraction of sp³-hybridized carbons (Fsp3) is 0.462. The maximum Gasteiger partial charge on any atom is 0.303 e. The average molecular weight is 235 g/mol. The molecule has 1 aromatic rings. The number of aliphatic carboxylic acids is 1. The number of anilines is 1. The van der Waals surface area contributed by atoms with E-state index in [4.69, 9.17) is 9.84 Å². The van der Waals surface area contributed by atoms with Crippen molar-refractivity contribution in [1.29, 1.82) is 0 Å². The van der Waals surface area contributed by atoms with E-state index in [0.717, 1.165) is 30.0 Å². The molecule has 1 aliphatic rings. The standard InChI is InChI=1S/C13H17NO3/c1-14-7-8-17-12-9-10(5-6-11(12)14)3-2-4-13(15)16/h5-6,9H,2-4,7-8H2,1H3,(H,15,16). The molecule has 0 unspecified atom stereocenters. The van der Waals surface area contributed by atoms with Gasteiger partial charge in [0.2, 0.25) is 0 Å². The van der Waals surface area contributed by atoms with E-state index in [2.05, 4.69) is 4.90 Å². The normalized spacial score (nSPS) is 14.1. The molecule has 0 amide bonds. The van der Waals surface area contributed by atoms with Gasteiger partial charge in [-0.15, -0.1) is 0 Å². The summed E-state index contributed by atoms with van der Waals surface area (Å²) in [7, 11) is 2.05. The van der Waals surface area contributed by atoms with Crippen molar-refractivity contribution >= 4 is 11.7 Å². The molecule has 0 atom stereocenters. The van der Waals surface area contributed by atoms with Crippen molar-refractivity contribution in [1.82, 2.24) is 0 Å². The summed E-state index contributed by atoms with van der Waals surface area (Å²) in [5.41, 5.74) is 2.25. The van der Waals surface area contributed by atoms with Crippen LogP contribution in [0.3, 0.4) is 0 Å². The molecule has 1 aliphatic heterocycles. The van der Waals surface area contributed by atoms with Crippen molar-refractivity contribution < 1.29 is 14.6 Å². The van der Waals surface area contributed by atoms with Gasteiger partial charge in [-0.05, 0) is 30.5 Å². The molecule has 1 aromatic carbocycles. The van der Waals surface area contributed by atoms with Crippen LogP contribution in [0.1, 0.15) is 18.4 Å². The maximum absolute atomic E-state index is 10.4. The molecule has 0 saturated heterocycles. The van der Waals surface area contributed by atoms with Crippen LogP contribution in [-0.2, 0) is 11.2 Å². The maximum atomic E-state index is 10.4. The number of ether oxygens (including phenoxy) is 1. The molecule has 0 saturated carbocycles. The fourth-order valence-corrected chi connectivity index (χ4v) is 2.00.